The molecule has 168 valence electrons. The van der Waals surface area contributed by atoms with Crippen LogP contribution in [-0.4, -0.2) is 16.0 Å². The molecule has 34 heavy (non-hydrogen) atoms. The second kappa shape index (κ2) is 8.75. The Hall–Kier alpha value is -3.41. The van der Waals surface area contributed by atoms with Gasteiger partial charge in [0, 0.05) is 28.1 Å². The van der Waals surface area contributed by atoms with E-state index in [0.717, 1.165) is 10.9 Å². The van der Waals surface area contributed by atoms with Gasteiger partial charge in [0.25, 0.3) is 0 Å². The van der Waals surface area contributed by atoms with Crippen LogP contribution in [0.2, 0.25) is 5.02 Å². The van der Waals surface area contributed by atoms with E-state index in [9.17, 15) is 9.50 Å². The molecule has 3 atom stereocenters. The van der Waals surface area contributed by atoms with Gasteiger partial charge >= 0.3 is 0 Å². The zero-order valence-corrected chi connectivity index (χ0v) is 19.4. The van der Waals surface area contributed by atoms with Gasteiger partial charge < -0.3 is 10.4 Å². The summed E-state index contributed by atoms with van der Waals surface area (Å²) in [5, 5.41) is 24.9. The molecule has 1 saturated heterocycles. The fourth-order valence-corrected chi connectivity index (χ4v) is 5.28. The number of aromatic nitrogens is 1. The highest BCUT2D eigenvalue weighted by molar-refractivity contribution is 7.80. The summed E-state index contributed by atoms with van der Waals surface area (Å²) in [5.74, 6) is 1.52. The summed E-state index contributed by atoms with van der Waals surface area (Å²) in [6, 6.07) is 23.9. The Balaban J connectivity index is 1.85. The van der Waals surface area contributed by atoms with Crippen LogP contribution in [0.25, 0.3) is 10.9 Å². The van der Waals surface area contributed by atoms with Crippen molar-refractivity contribution in [2.45, 2.75) is 17.7 Å². The molecule has 5 rings (SSSR count). The monoisotopic (exact) mass is 488 g/mol. The van der Waals surface area contributed by atoms with E-state index in [2.05, 4.69) is 11.2 Å². The molecule has 1 aromatic heterocycles. The van der Waals surface area contributed by atoms with Crippen LogP contribution in [-0.2, 0) is 5.72 Å². The Kier molecular flexibility index (Phi) is 5.76. The number of piperidine rings is 1. The number of halogens is 2. The first kappa shape index (κ1) is 22.4. The molecule has 0 amide bonds. The van der Waals surface area contributed by atoms with Gasteiger partial charge in [0.05, 0.1) is 11.5 Å². The lowest BCUT2D eigenvalue weighted by molar-refractivity contribution is -0.720. The zero-order chi connectivity index (χ0) is 23.9. The molecular formula is C27H20ClFN3OS+. The first-order chi connectivity index (χ1) is 16.4. The van der Waals surface area contributed by atoms with Crippen molar-refractivity contribution in [3.05, 3.63) is 119 Å². The Bertz CT molecular complexity index is 1450. The van der Waals surface area contributed by atoms with E-state index in [-0.39, 0.29) is 10.8 Å². The molecular weight excluding hydrogens is 469 g/mol. The van der Waals surface area contributed by atoms with Gasteiger partial charge in [0.1, 0.15) is 10.8 Å². The lowest BCUT2D eigenvalue weighted by atomic mass is 9.74. The van der Waals surface area contributed by atoms with Crippen molar-refractivity contribution in [2.24, 2.45) is 0 Å². The van der Waals surface area contributed by atoms with E-state index in [1.807, 2.05) is 65.4 Å². The van der Waals surface area contributed by atoms with Gasteiger partial charge in [-0.05, 0) is 41.8 Å². The maximum absolute atomic E-state index is 13.8. The topological polar surface area (TPSA) is 60.0 Å². The van der Waals surface area contributed by atoms with E-state index in [0.29, 0.717) is 21.7 Å². The van der Waals surface area contributed by atoms with Gasteiger partial charge in [-0.1, -0.05) is 66.3 Å². The SMILES string of the molecule is N=C=C1C(=S)NC(O)(c2ccccc2)C([n+]2cccc3cc(Cl)ccc32)C1c1ccc(F)cc1. The van der Waals surface area contributed by atoms with Gasteiger partial charge in [-0.25, -0.2) is 4.39 Å². The normalized spacial score (nSPS) is 22.3. The van der Waals surface area contributed by atoms with Gasteiger partial charge in [0.15, 0.2) is 6.20 Å². The predicted octanol–water partition coefficient (Wildman–Crippen LogP) is 5.20. The maximum atomic E-state index is 13.8. The predicted molar refractivity (Wildman–Crippen MR) is 135 cm³/mol. The van der Waals surface area contributed by atoms with Crippen LogP contribution >= 0.6 is 23.8 Å². The van der Waals surface area contributed by atoms with Crippen LogP contribution in [0.15, 0.2) is 96.7 Å². The highest BCUT2D eigenvalue weighted by Gasteiger charge is 2.56. The van der Waals surface area contributed by atoms with Crippen LogP contribution in [0, 0.1) is 11.2 Å². The van der Waals surface area contributed by atoms with Crippen LogP contribution in [0.1, 0.15) is 23.1 Å². The van der Waals surface area contributed by atoms with Crippen molar-refractivity contribution in [3.8, 4) is 0 Å². The second-order valence-corrected chi connectivity index (χ2v) is 9.06. The van der Waals surface area contributed by atoms with E-state index in [1.54, 1.807) is 18.2 Å². The van der Waals surface area contributed by atoms with E-state index in [1.165, 1.54) is 12.1 Å². The minimum atomic E-state index is -1.64. The van der Waals surface area contributed by atoms with Crippen molar-refractivity contribution in [2.75, 3.05) is 0 Å². The van der Waals surface area contributed by atoms with Gasteiger partial charge in [-0.2, -0.15) is 4.57 Å². The molecule has 0 aliphatic carbocycles. The summed E-state index contributed by atoms with van der Waals surface area (Å²) in [5.41, 5.74) is 0.911. The number of pyridine rings is 1. The summed E-state index contributed by atoms with van der Waals surface area (Å²) in [6.45, 7) is 0. The minimum absolute atomic E-state index is 0.218. The summed E-state index contributed by atoms with van der Waals surface area (Å²) >= 11 is 11.9. The van der Waals surface area contributed by atoms with Crippen LogP contribution in [0.4, 0.5) is 4.39 Å². The molecule has 3 aromatic carbocycles. The molecule has 1 aliphatic heterocycles. The van der Waals surface area contributed by atoms with Crippen LogP contribution < -0.4 is 9.88 Å². The molecule has 4 aromatic rings. The number of hydrogen-bond acceptors (Lipinski definition) is 3. The standard InChI is InChI=1S/C27H19ClFN3OS/c28-20-10-13-23-18(15-20)5-4-14-32(23)25-24(17-8-11-21(29)12-9-17)22(16-30)26(34)31-27(25,33)19-6-2-1-3-7-19/h1-15,24-25,30,33H/p+1. The largest absolute Gasteiger partial charge is 0.362 e. The third-order valence-corrected chi connectivity index (χ3v) is 6.83. The highest BCUT2D eigenvalue weighted by atomic mass is 35.5. The fourth-order valence-electron chi connectivity index (χ4n) is 4.76. The first-order valence-electron chi connectivity index (χ1n) is 10.7. The number of benzene rings is 3. The third kappa shape index (κ3) is 3.71. The third-order valence-electron chi connectivity index (χ3n) is 6.27. The van der Waals surface area contributed by atoms with Crippen molar-refractivity contribution >= 4 is 45.6 Å². The fraction of sp³-hybridized carbons (Fsp3) is 0.111. The van der Waals surface area contributed by atoms with Crippen molar-refractivity contribution in [3.63, 3.8) is 0 Å². The molecule has 0 radical (unpaired) electrons. The summed E-state index contributed by atoms with van der Waals surface area (Å²) in [7, 11) is 0. The van der Waals surface area contributed by atoms with Gasteiger partial charge in [-0.3, -0.25) is 5.41 Å². The zero-order valence-electron chi connectivity index (χ0n) is 17.9. The Morgan fingerprint density at radius 2 is 1.76 bits per heavy atom. The second-order valence-electron chi connectivity index (χ2n) is 8.22. The molecule has 1 aliphatic rings. The summed E-state index contributed by atoms with van der Waals surface area (Å²) < 4.78 is 15.8. The number of hydrogen-bond donors (Lipinski definition) is 3. The van der Waals surface area contributed by atoms with Crippen LogP contribution in [0.5, 0.6) is 0 Å². The van der Waals surface area contributed by atoms with Crippen molar-refractivity contribution in [1.82, 2.24) is 5.32 Å². The number of fused-ring (bicyclic) bond motifs is 1. The van der Waals surface area contributed by atoms with E-state index < -0.39 is 17.7 Å². The molecule has 0 saturated carbocycles. The number of nitrogens with one attached hydrogen (secondary N) is 2. The first-order valence-corrected chi connectivity index (χ1v) is 11.5. The maximum Gasteiger partial charge on any atom is 0.227 e. The average molecular weight is 489 g/mol. The Labute approximate surface area is 206 Å². The van der Waals surface area contributed by atoms with Crippen molar-refractivity contribution in [1.29, 1.82) is 5.41 Å². The summed E-state index contributed by atoms with van der Waals surface area (Å²) in [4.78, 5) is 0.218. The smallest absolute Gasteiger partial charge is 0.227 e. The molecule has 4 nitrogen and oxygen atoms in total. The highest BCUT2D eigenvalue weighted by Crippen LogP contribution is 2.46. The van der Waals surface area contributed by atoms with Gasteiger partial charge in [0.2, 0.25) is 17.3 Å². The molecule has 3 N–H and O–H groups in total. The van der Waals surface area contributed by atoms with E-state index in [4.69, 9.17) is 29.2 Å². The number of thiocarbonyl (C=S) groups is 1. The molecule has 3 unspecified atom stereocenters. The lowest BCUT2D eigenvalue weighted by Crippen LogP contribution is -2.65. The molecule has 2 heterocycles. The molecule has 7 heteroatoms. The number of nitrogens with zero attached hydrogens (tertiary/aromatic N) is 1. The molecule has 1 fully saturated rings. The van der Waals surface area contributed by atoms with Crippen LogP contribution in [0.3, 0.4) is 0 Å². The Morgan fingerprint density at radius 3 is 2.47 bits per heavy atom. The number of rotatable bonds is 3. The van der Waals surface area contributed by atoms with Gasteiger partial charge in [-0.15, -0.1) is 0 Å². The average Bonchev–Trinajstić information content (AvgIpc) is 2.84. The minimum Gasteiger partial charge on any atom is -0.362 e. The summed E-state index contributed by atoms with van der Waals surface area (Å²) in [6.07, 6.45) is 1.88. The molecule has 0 spiro atoms. The molecule has 0 bridgehead atoms. The lowest BCUT2D eigenvalue weighted by Gasteiger charge is -2.43. The van der Waals surface area contributed by atoms with E-state index >= 15 is 0 Å². The number of aliphatic hydroxyl groups is 1. The quantitative estimate of drug-likeness (QED) is 0.161. The Morgan fingerprint density at radius 1 is 1.03 bits per heavy atom. The van der Waals surface area contributed by atoms with Crippen molar-refractivity contribution < 1.29 is 14.1 Å².